The molecule has 1 saturated carbocycles. The maximum Gasteiger partial charge on any atom is 0.318 e. The van der Waals surface area contributed by atoms with Crippen molar-refractivity contribution in [2.45, 2.75) is 45.2 Å². The lowest BCUT2D eigenvalue weighted by Crippen LogP contribution is -2.50. The van der Waals surface area contributed by atoms with Gasteiger partial charge in [0.15, 0.2) is 0 Å². The van der Waals surface area contributed by atoms with Crippen molar-refractivity contribution in [3.8, 4) is 5.75 Å². The number of para-hydroxylation sites is 1. The molecule has 1 aromatic heterocycles. The van der Waals surface area contributed by atoms with E-state index in [-0.39, 0.29) is 30.6 Å². The first kappa shape index (κ1) is 20.7. The second-order valence-corrected chi connectivity index (χ2v) is 8.92. The van der Waals surface area contributed by atoms with E-state index >= 15 is 0 Å². The normalized spacial score (nSPS) is 17.9. The van der Waals surface area contributed by atoms with Crippen molar-refractivity contribution >= 4 is 23.3 Å². The van der Waals surface area contributed by atoms with Gasteiger partial charge in [-0.3, -0.25) is 4.79 Å². The van der Waals surface area contributed by atoms with Gasteiger partial charge in [0, 0.05) is 24.0 Å². The largest absolute Gasteiger partial charge is 0.491 e. The summed E-state index contributed by atoms with van der Waals surface area (Å²) in [6.45, 7) is 5.66. The quantitative estimate of drug-likeness (QED) is 0.732. The molecule has 2 heterocycles. The lowest BCUT2D eigenvalue weighted by Gasteiger charge is -2.37. The van der Waals surface area contributed by atoms with Gasteiger partial charge in [0.05, 0.1) is 6.04 Å². The van der Waals surface area contributed by atoms with Gasteiger partial charge in [0.25, 0.3) is 0 Å². The second-order valence-electron chi connectivity index (χ2n) is 7.92. The van der Waals surface area contributed by atoms with Crippen LogP contribution in [0.4, 0.5) is 4.79 Å². The van der Waals surface area contributed by atoms with Crippen molar-refractivity contribution in [2.75, 3.05) is 26.2 Å². The summed E-state index contributed by atoms with van der Waals surface area (Å²) < 4.78 is 6.15. The van der Waals surface area contributed by atoms with Crippen molar-refractivity contribution < 1.29 is 14.3 Å². The number of rotatable bonds is 7. The molecule has 1 unspecified atom stereocenters. The third-order valence-electron chi connectivity index (χ3n) is 5.79. The second kappa shape index (κ2) is 9.08. The number of urea groups is 1. The fraction of sp³-hybridized carbons (Fsp3) is 0.478. The number of nitrogens with one attached hydrogen (secondary N) is 1. The van der Waals surface area contributed by atoms with Crippen LogP contribution in [-0.2, 0) is 11.2 Å². The molecule has 0 bridgehead atoms. The van der Waals surface area contributed by atoms with Crippen LogP contribution in [0.1, 0.15) is 41.8 Å². The minimum Gasteiger partial charge on any atom is -0.491 e. The molecule has 0 saturated heterocycles. The molecule has 1 aromatic carbocycles. The highest BCUT2D eigenvalue weighted by Gasteiger charge is 2.37. The van der Waals surface area contributed by atoms with Crippen LogP contribution in [-0.4, -0.2) is 54.0 Å². The third kappa shape index (κ3) is 4.46. The lowest BCUT2D eigenvalue weighted by molar-refractivity contribution is -0.135. The number of carbonyl (C=O) groups is 2. The van der Waals surface area contributed by atoms with Gasteiger partial charge in [0.2, 0.25) is 5.91 Å². The number of thiophene rings is 1. The molecule has 160 valence electrons. The first-order chi connectivity index (χ1) is 14.6. The Morgan fingerprint density at radius 2 is 2.07 bits per heavy atom. The molecular weight excluding hydrogens is 398 g/mol. The molecule has 4 rings (SSSR count). The van der Waals surface area contributed by atoms with Gasteiger partial charge in [-0.1, -0.05) is 18.2 Å². The average molecular weight is 428 g/mol. The summed E-state index contributed by atoms with van der Waals surface area (Å²) in [7, 11) is 0. The van der Waals surface area contributed by atoms with Gasteiger partial charge < -0.3 is 19.9 Å². The van der Waals surface area contributed by atoms with Gasteiger partial charge >= 0.3 is 6.03 Å². The minimum atomic E-state index is -0.144. The average Bonchev–Trinajstić information content (AvgIpc) is 3.47. The lowest BCUT2D eigenvalue weighted by atomic mass is 10.0. The molecule has 2 aromatic rings. The molecule has 0 spiro atoms. The van der Waals surface area contributed by atoms with Gasteiger partial charge in [0.1, 0.15) is 18.9 Å². The Balaban J connectivity index is 1.50. The predicted molar refractivity (Wildman–Crippen MR) is 118 cm³/mol. The van der Waals surface area contributed by atoms with Crippen molar-refractivity contribution in [1.82, 2.24) is 15.1 Å². The predicted octanol–water partition coefficient (Wildman–Crippen LogP) is 3.76. The summed E-state index contributed by atoms with van der Waals surface area (Å²) >= 11 is 1.74. The van der Waals surface area contributed by atoms with Gasteiger partial charge in [-0.05, 0) is 61.7 Å². The van der Waals surface area contributed by atoms with E-state index in [0.717, 1.165) is 30.6 Å². The molecule has 7 heteroatoms. The first-order valence-corrected chi connectivity index (χ1v) is 11.5. The Labute approximate surface area is 181 Å². The molecule has 30 heavy (non-hydrogen) atoms. The molecule has 1 aliphatic carbocycles. The van der Waals surface area contributed by atoms with Crippen LogP contribution < -0.4 is 10.1 Å². The molecule has 0 radical (unpaired) electrons. The molecule has 1 fully saturated rings. The zero-order valence-electron chi connectivity index (χ0n) is 17.6. The van der Waals surface area contributed by atoms with Crippen LogP contribution in [0.25, 0.3) is 0 Å². The Kier molecular flexibility index (Phi) is 6.27. The van der Waals surface area contributed by atoms with E-state index in [1.165, 1.54) is 10.4 Å². The van der Waals surface area contributed by atoms with Crippen LogP contribution in [0, 0.1) is 6.92 Å². The molecule has 6 nitrogen and oxygen atoms in total. The first-order valence-electron chi connectivity index (χ1n) is 10.7. The minimum absolute atomic E-state index is 0.0108. The molecular formula is C23H29N3O3S. The number of amides is 3. The number of ether oxygens (including phenoxy) is 1. The summed E-state index contributed by atoms with van der Waals surface area (Å²) in [5, 5.41) is 4.93. The van der Waals surface area contributed by atoms with E-state index in [4.69, 9.17) is 4.74 Å². The zero-order chi connectivity index (χ0) is 21.1. The fourth-order valence-corrected chi connectivity index (χ4v) is 4.93. The Morgan fingerprint density at radius 3 is 2.80 bits per heavy atom. The van der Waals surface area contributed by atoms with Gasteiger partial charge in [-0.2, -0.15) is 0 Å². The number of hydrogen-bond acceptors (Lipinski definition) is 4. The highest BCUT2D eigenvalue weighted by molar-refractivity contribution is 7.10. The van der Waals surface area contributed by atoms with Crippen molar-refractivity contribution in [3.63, 3.8) is 0 Å². The molecule has 1 atom stereocenters. The molecule has 2 aliphatic rings. The Hall–Kier alpha value is -2.54. The highest BCUT2D eigenvalue weighted by atomic mass is 32.1. The van der Waals surface area contributed by atoms with Crippen LogP contribution in [0.15, 0.2) is 35.7 Å². The SMILES string of the molecule is CCNC(=O)N(CC(=O)N1CCc2sccc2C1COc1ccccc1C)C1CC1. The number of aryl methyl sites for hydroxylation is 1. The Morgan fingerprint density at radius 1 is 1.27 bits per heavy atom. The summed E-state index contributed by atoms with van der Waals surface area (Å²) in [5.41, 5.74) is 2.25. The van der Waals surface area contributed by atoms with Crippen LogP contribution in [0.3, 0.4) is 0 Å². The van der Waals surface area contributed by atoms with Crippen molar-refractivity contribution in [2.24, 2.45) is 0 Å². The topological polar surface area (TPSA) is 61.9 Å². The monoisotopic (exact) mass is 427 g/mol. The van der Waals surface area contributed by atoms with Gasteiger partial charge in [-0.25, -0.2) is 4.79 Å². The zero-order valence-corrected chi connectivity index (χ0v) is 18.4. The summed E-state index contributed by atoms with van der Waals surface area (Å²) in [6, 6.07) is 9.94. The van der Waals surface area contributed by atoms with Crippen molar-refractivity contribution in [1.29, 1.82) is 0 Å². The number of fused-ring (bicyclic) bond motifs is 1. The standard InChI is InChI=1S/C23H29N3O3S/c1-3-24-23(28)26(17-8-9-17)14-22(27)25-12-10-21-18(11-13-30-21)19(25)15-29-20-7-5-4-6-16(20)2/h4-7,11,13,17,19H,3,8-10,12,14-15H2,1-2H3,(H,24,28). The van der Waals surface area contributed by atoms with Crippen LogP contribution in [0.2, 0.25) is 0 Å². The van der Waals surface area contributed by atoms with E-state index in [1.54, 1.807) is 16.2 Å². The summed E-state index contributed by atoms with van der Waals surface area (Å²) in [6.07, 6.45) is 2.79. The third-order valence-corrected chi connectivity index (χ3v) is 6.78. The smallest absolute Gasteiger partial charge is 0.318 e. The maximum absolute atomic E-state index is 13.3. The van der Waals surface area contributed by atoms with Gasteiger partial charge in [-0.15, -0.1) is 11.3 Å². The molecule has 1 N–H and O–H groups in total. The number of benzene rings is 1. The maximum atomic E-state index is 13.3. The van der Waals surface area contributed by atoms with E-state index < -0.39 is 0 Å². The number of hydrogen-bond donors (Lipinski definition) is 1. The summed E-state index contributed by atoms with van der Waals surface area (Å²) in [5.74, 6) is 0.831. The highest BCUT2D eigenvalue weighted by Crippen LogP contribution is 2.35. The van der Waals surface area contributed by atoms with E-state index in [1.807, 2.05) is 43.0 Å². The van der Waals surface area contributed by atoms with Crippen LogP contribution in [0.5, 0.6) is 5.75 Å². The number of carbonyl (C=O) groups excluding carboxylic acids is 2. The van der Waals surface area contributed by atoms with E-state index in [0.29, 0.717) is 19.7 Å². The molecule has 3 amide bonds. The number of nitrogens with zero attached hydrogens (tertiary/aromatic N) is 2. The summed E-state index contributed by atoms with van der Waals surface area (Å²) in [4.78, 5) is 30.7. The van der Waals surface area contributed by atoms with Crippen molar-refractivity contribution in [3.05, 3.63) is 51.7 Å². The van der Waals surface area contributed by atoms with E-state index in [9.17, 15) is 9.59 Å². The molecule has 1 aliphatic heterocycles. The fourth-order valence-electron chi connectivity index (χ4n) is 4.00. The Bertz CT molecular complexity index is 909. The van der Waals surface area contributed by atoms with Crippen LogP contribution >= 0.6 is 11.3 Å². The van der Waals surface area contributed by atoms with E-state index in [2.05, 4.69) is 16.8 Å².